The predicted molar refractivity (Wildman–Crippen MR) is 111 cm³/mol. The summed E-state index contributed by atoms with van der Waals surface area (Å²) >= 11 is 0. The second kappa shape index (κ2) is 7.72. The Morgan fingerprint density at radius 1 is 1.03 bits per heavy atom. The topological polar surface area (TPSA) is 52.5 Å². The van der Waals surface area contributed by atoms with Gasteiger partial charge in [0.2, 0.25) is 0 Å². The highest BCUT2D eigenvalue weighted by atomic mass is 19.1. The summed E-state index contributed by atoms with van der Waals surface area (Å²) in [5.74, 6) is 0.700. The van der Waals surface area contributed by atoms with E-state index in [2.05, 4.69) is 5.32 Å². The number of rotatable bonds is 4. The third-order valence-corrected chi connectivity index (χ3v) is 5.37. The van der Waals surface area contributed by atoms with Crippen LogP contribution >= 0.6 is 0 Å². The van der Waals surface area contributed by atoms with Gasteiger partial charge in [-0.3, -0.25) is 9.36 Å². The van der Waals surface area contributed by atoms with Crippen LogP contribution in [-0.2, 0) is 13.0 Å². The third-order valence-electron chi connectivity index (χ3n) is 5.37. The first-order chi connectivity index (χ1) is 14.0. The van der Waals surface area contributed by atoms with E-state index in [9.17, 15) is 4.79 Å². The third kappa shape index (κ3) is 3.40. The lowest BCUT2D eigenvalue weighted by molar-refractivity contribution is 0.410. The summed E-state index contributed by atoms with van der Waals surface area (Å²) in [6.07, 6.45) is 0.688. The van der Waals surface area contributed by atoms with Crippen LogP contribution in [0.4, 0.5) is 4.39 Å². The van der Waals surface area contributed by atoms with Crippen LogP contribution in [0.2, 0.25) is 0 Å². The van der Waals surface area contributed by atoms with Crippen LogP contribution in [0.15, 0.2) is 47.3 Å². The molecule has 0 amide bonds. The van der Waals surface area contributed by atoms with Crippen molar-refractivity contribution >= 4 is 0 Å². The monoisotopic (exact) mass is 394 g/mol. The van der Waals surface area contributed by atoms with E-state index in [0.29, 0.717) is 41.3 Å². The van der Waals surface area contributed by atoms with Gasteiger partial charge in [-0.2, -0.15) is 0 Å². The molecule has 0 saturated heterocycles. The smallest absolute Gasteiger partial charge is 0.255 e. The number of nitrogens with one attached hydrogen (secondary N) is 1. The number of aromatic nitrogens is 1. The second-order valence-electron chi connectivity index (χ2n) is 7.09. The van der Waals surface area contributed by atoms with Gasteiger partial charge in [0.1, 0.15) is 17.3 Å². The van der Waals surface area contributed by atoms with Crippen molar-refractivity contribution in [3.05, 3.63) is 75.5 Å². The fraction of sp³-hybridized carbons (Fsp3) is 0.261. The van der Waals surface area contributed by atoms with Crippen molar-refractivity contribution in [3.63, 3.8) is 0 Å². The summed E-state index contributed by atoms with van der Waals surface area (Å²) in [5.41, 5.74) is 4.18. The van der Waals surface area contributed by atoms with Crippen molar-refractivity contribution in [1.29, 1.82) is 0 Å². The van der Waals surface area contributed by atoms with Crippen molar-refractivity contribution in [2.24, 2.45) is 0 Å². The standard InChI is InChI=1S/C23H23FN2O3/c1-14-4-5-15(10-21(14)28-2)17-11-22(29-3)20(12-18(17)24)26-19-8-9-25-13-16(19)6-7-23(26)27/h4-7,10-12,25H,8-9,13H2,1-3H3. The Balaban J connectivity index is 1.91. The van der Waals surface area contributed by atoms with Gasteiger partial charge in [-0.05, 0) is 35.7 Å². The van der Waals surface area contributed by atoms with Crippen molar-refractivity contribution in [3.8, 4) is 28.3 Å². The number of methoxy groups -OCH3 is 2. The van der Waals surface area contributed by atoms with Gasteiger partial charge in [0, 0.05) is 42.9 Å². The summed E-state index contributed by atoms with van der Waals surface area (Å²) in [7, 11) is 3.12. The van der Waals surface area contributed by atoms with Crippen molar-refractivity contribution in [1.82, 2.24) is 9.88 Å². The van der Waals surface area contributed by atoms with Crippen LogP contribution in [0.25, 0.3) is 16.8 Å². The molecule has 0 spiro atoms. The van der Waals surface area contributed by atoms with Crippen LogP contribution in [0, 0.1) is 12.7 Å². The van der Waals surface area contributed by atoms with Crippen LogP contribution in [0.3, 0.4) is 0 Å². The van der Waals surface area contributed by atoms with E-state index >= 15 is 4.39 Å². The van der Waals surface area contributed by atoms with Crippen molar-refractivity contribution in [2.75, 3.05) is 20.8 Å². The Morgan fingerprint density at radius 2 is 1.83 bits per heavy atom. The number of pyridine rings is 1. The van der Waals surface area contributed by atoms with Gasteiger partial charge in [0.15, 0.2) is 0 Å². The maximum Gasteiger partial charge on any atom is 0.255 e. The molecule has 0 radical (unpaired) electrons. The van der Waals surface area contributed by atoms with Gasteiger partial charge in [-0.15, -0.1) is 0 Å². The molecule has 0 aliphatic carbocycles. The van der Waals surface area contributed by atoms with E-state index < -0.39 is 5.82 Å². The first-order valence-electron chi connectivity index (χ1n) is 9.51. The molecule has 0 unspecified atom stereocenters. The van der Waals surface area contributed by atoms with Gasteiger partial charge in [0.05, 0.1) is 19.9 Å². The Morgan fingerprint density at radius 3 is 2.59 bits per heavy atom. The zero-order valence-corrected chi connectivity index (χ0v) is 16.7. The molecule has 6 heteroatoms. The fourth-order valence-electron chi connectivity index (χ4n) is 3.84. The Bertz CT molecular complexity index is 1140. The Labute approximate surface area is 168 Å². The summed E-state index contributed by atoms with van der Waals surface area (Å²) in [4.78, 5) is 12.7. The molecule has 1 aliphatic heterocycles. The number of ether oxygens (including phenoxy) is 2. The van der Waals surface area contributed by atoms with Crippen molar-refractivity contribution < 1.29 is 13.9 Å². The molecule has 2 heterocycles. The zero-order valence-electron chi connectivity index (χ0n) is 16.7. The number of nitrogens with zero attached hydrogens (tertiary/aromatic N) is 1. The molecular weight excluding hydrogens is 371 g/mol. The Hall–Kier alpha value is -3.12. The molecule has 0 saturated carbocycles. The number of benzene rings is 2. The quantitative estimate of drug-likeness (QED) is 0.735. The molecule has 2 aromatic carbocycles. The van der Waals surface area contributed by atoms with Crippen molar-refractivity contribution in [2.45, 2.75) is 19.9 Å². The fourth-order valence-corrected chi connectivity index (χ4v) is 3.84. The maximum absolute atomic E-state index is 15.2. The molecule has 29 heavy (non-hydrogen) atoms. The number of aryl methyl sites for hydroxylation is 1. The predicted octanol–water partition coefficient (Wildman–Crippen LogP) is 3.61. The molecule has 3 aromatic rings. The molecule has 150 valence electrons. The normalized spacial score (nSPS) is 13.1. The molecular formula is C23H23FN2O3. The summed E-state index contributed by atoms with van der Waals surface area (Å²) in [6, 6.07) is 11.9. The van der Waals surface area contributed by atoms with E-state index in [4.69, 9.17) is 9.47 Å². The van der Waals surface area contributed by atoms with Crippen LogP contribution < -0.4 is 20.3 Å². The molecule has 1 N–H and O–H groups in total. The minimum atomic E-state index is -0.426. The van der Waals surface area contributed by atoms with Crippen LogP contribution in [0.1, 0.15) is 16.8 Å². The second-order valence-corrected chi connectivity index (χ2v) is 7.09. The van der Waals surface area contributed by atoms with E-state index in [-0.39, 0.29) is 5.56 Å². The molecule has 4 rings (SSSR count). The summed E-state index contributed by atoms with van der Waals surface area (Å²) < 4.78 is 27.7. The Kier molecular flexibility index (Phi) is 5.11. The number of halogens is 1. The molecule has 0 atom stereocenters. The zero-order chi connectivity index (χ0) is 20.5. The van der Waals surface area contributed by atoms with Gasteiger partial charge in [-0.1, -0.05) is 18.2 Å². The van der Waals surface area contributed by atoms with E-state index in [1.807, 2.05) is 25.1 Å². The van der Waals surface area contributed by atoms with Gasteiger partial charge >= 0.3 is 0 Å². The minimum Gasteiger partial charge on any atom is -0.496 e. The highest BCUT2D eigenvalue weighted by molar-refractivity contribution is 5.71. The highest BCUT2D eigenvalue weighted by Crippen LogP contribution is 2.35. The molecule has 1 aliphatic rings. The average Bonchev–Trinajstić information content (AvgIpc) is 2.74. The highest BCUT2D eigenvalue weighted by Gasteiger charge is 2.20. The number of hydrogen-bond donors (Lipinski definition) is 1. The maximum atomic E-state index is 15.2. The van der Waals surface area contributed by atoms with Crippen LogP contribution in [0.5, 0.6) is 11.5 Å². The van der Waals surface area contributed by atoms with Gasteiger partial charge in [0.25, 0.3) is 5.56 Å². The number of hydrogen-bond acceptors (Lipinski definition) is 4. The average molecular weight is 394 g/mol. The van der Waals surface area contributed by atoms with E-state index in [1.54, 1.807) is 23.8 Å². The summed E-state index contributed by atoms with van der Waals surface area (Å²) in [6.45, 7) is 3.38. The lowest BCUT2D eigenvalue weighted by Crippen LogP contribution is -2.31. The molecule has 0 fully saturated rings. The molecule has 1 aromatic heterocycles. The first-order valence-corrected chi connectivity index (χ1v) is 9.51. The van der Waals surface area contributed by atoms with Gasteiger partial charge in [-0.25, -0.2) is 4.39 Å². The number of fused-ring (bicyclic) bond motifs is 1. The minimum absolute atomic E-state index is 0.201. The lowest BCUT2D eigenvalue weighted by Gasteiger charge is -2.23. The first kappa shape index (κ1) is 19.2. The summed E-state index contributed by atoms with van der Waals surface area (Å²) in [5, 5.41) is 3.29. The lowest BCUT2D eigenvalue weighted by atomic mass is 10.0. The van der Waals surface area contributed by atoms with E-state index in [1.165, 1.54) is 19.2 Å². The molecule has 5 nitrogen and oxygen atoms in total. The SMILES string of the molecule is COc1cc(-c2cc(OC)c(-n3c4c(ccc3=O)CNCC4)cc2F)ccc1C. The van der Waals surface area contributed by atoms with Gasteiger partial charge < -0.3 is 14.8 Å². The van der Waals surface area contributed by atoms with E-state index in [0.717, 1.165) is 23.4 Å². The largest absolute Gasteiger partial charge is 0.496 e. The van der Waals surface area contributed by atoms with Crippen LogP contribution in [-0.4, -0.2) is 25.3 Å². The molecule has 0 bridgehead atoms.